The van der Waals surface area contributed by atoms with E-state index < -0.39 is 10.8 Å². The molecule has 0 saturated carbocycles. The average molecular weight is 352 g/mol. The second-order valence-electron chi connectivity index (χ2n) is 5.89. The molecule has 0 aliphatic carbocycles. The molecule has 2 aromatic rings. The molecule has 1 atom stereocenters. The van der Waals surface area contributed by atoms with Crippen molar-refractivity contribution in [3.63, 3.8) is 0 Å². The van der Waals surface area contributed by atoms with Crippen LogP contribution in [0, 0.1) is 28.4 Å². The summed E-state index contributed by atoms with van der Waals surface area (Å²) < 4.78 is 7.10. The van der Waals surface area contributed by atoms with E-state index in [1.54, 1.807) is 17.6 Å². The van der Waals surface area contributed by atoms with Crippen molar-refractivity contribution in [2.45, 2.75) is 26.3 Å². The summed E-state index contributed by atoms with van der Waals surface area (Å²) >= 11 is 0. The lowest BCUT2D eigenvalue weighted by molar-refractivity contribution is -0.384. The molecule has 8 nitrogen and oxygen atoms in total. The van der Waals surface area contributed by atoms with Crippen LogP contribution in [0.15, 0.2) is 46.6 Å². The number of nitro groups is 1. The van der Waals surface area contributed by atoms with Gasteiger partial charge in [-0.2, -0.15) is 5.26 Å². The fourth-order valence-electron chi connectivity index (χ4n) is 3.20. The van der Waals surface area contributed by atoms with Crippen molar-refractivity contribution in [3.05, 3.63) is 79.1 Å². The third-order valence-corrected chi connectivity index (χ3v) is 4.44. The molecule has 0 radical (unpaired) electrons. The number of nitro benzene ring substituents is 1. The SMILES string of the molecule is CCn1c(C)cc2c(c1=O)[C@H](c1ccc([N+](=O)[O-])cc1)C(C#N)=C(N)O2. The standard InChI is InChI=1S/C18H16N4O4/c1-3-21-10(2)8-14-16(18(21)23)15(13(9-19)17(20)26-14)11-4-6-12(7-5-11)22(24)25/h4-8,15H,3,20H2,1-2H3/t15-/m1/s1. The third-order valence-electron chi connectivity index (χ3n) is 4.44. The minimum absolute atomic E-state index is 0.0728. The van der Waals surface area contributed by atoms with Gasteiger partial charge in [-0.05, 0) is 19.4 Å². The van der Waals surface area contributed by atoms with Crippen molar-refractivity contribution in [1.82, 2.24) is 4.57 Å². The van der Waals surface area contributed by atoms with E-state index in [-0.39, 0.29) is 22.7 Å². The van der Waals surface area contributed by atoms with E-state index in [4.69, 9.17) is 10.5 Å². The maximum Gasteiger partial charge on any atom is 0.269 e. The first kappa shape index (κ1) is 17.2. The predicted molar refractivity (Wildman–Crippen MR) is 93.5 cm³/mol. The van der Waals surface area contributed by atoms with Crippen LogP contribution < -0.4 is 16.0 Å². The van der Waals surface area contributed by atoms with Gasteiger partial charge in [0.25, 0.3) is 11.2 Å². The topological polar surface area (TPSA) is 124 Å². The molecule has 0 spiro atoms. The molecule has 1 aromatic heterocycles. The summed E-state index contributed by atoms with van der Waals surface area (Å²) in [5.74, 6) is -0.510. The summed E-state index contributed by atoms with van der Waals surface area (Å²) in [5.41, 5.74) is 7.23. The summed E-state index contributed by atoms with van der Waals surface area (Å²) in [6.07, 6.45) is 0. The monoisotopic (exact) mass is 352 g/mol. The lowest BCUT2D eigenvalue weighted by atomic mass is 9.84. The molecular weight excluding hydrogens is 336 g/mol. The van der Waals surface area contributed by atoms with E-state index >= 15 is 0 Å². The first-order chi connectivity index (χ1) is 12.4. The van der Waals surface area contributed by atoms with Crippen molar-refractivity contribution in [3.8, 4) is 11.8 Å². The average Bonchev–Trinajstić information content (AvgIpc) is 2.61. The molecule has 0 unspecified atom stereocenters. The predicted octanol–water partition coefficient (Wildman–Crippen LogP) is 2.30. The molecule has 1 aromatic carbocycles. The van der Waals surface area contributed by atoms with Crippen molar-refractivity contribution in [2.24, 2.45) is 5.73 Å². The zero-order valence-corrected chi connectivity index (χ0v) is 14.2. The first-order valence-electron chi connectivity index (χ1n) is 7.95. The Morgan fingerprint density at radius 3 is 2.58 bits per heavy atom. The van der Waals surface area contributed by atoms with Crippen LogP contribution in [0.3, 0.4) is 0 Å². The Bertz CT molecular complexity index is 1030. The van der Waals surface area contributed by atoms with Crippen LogP contribution in [-0.4, -0.2) is 9.49 Å². The molecule has 3 rings (SSSR count). The number of nitrogens with two attached hydrogens (primary N) is 1. The second-order valence-corrected chi connectivity index (χ2v) is 5.89. The van der Waals surface area contributed by atoms with Gasteiger partial charge >= 0.3 is 0 Å². The molecule has 0 saturated heterocycles. The van der Waals surface area contributed by atoms with E-state index in [1.807, 2.05) is 13.0 Å². The maximum atomic E-state index is 13.0. The summed E-state index contributed by atoms with van der Waals surface area (Å²) in [4.78, 5) is 23.4. The molecule has 2 heterocycles. The van der Waals surface area contributed by atoms with Gasteiger partial charge in [0.15, 0.2) is 0 Å². The lowest BCUT2D eigenvalue weighted by Crippen LogP contribution is -2.32. The number of allylic oxidation sites excluding steroid dienone is 1. The van der Waals surface area contributed by atoms with Crippen LogP contribution in [-0.2, 0) is 6.54 Å². The molecule has 0 bridgehead atoms. The minimum atomic E-state index is -0.740. The smallest absolute Gasteiger partial charge is 0.269 e. The number of non-ortho nitro benzene ring substituents is 1. The molecule has 1 aliphatic heterocycles. The molecular formula is C18H16N4O4. The van der Waals surface area contributed by atoms with Crippen LogP contribution in [0.5, 0.6) is 5.75 Å². The van der Waals surface area contributed by atoms with Gasteiger partial charge in [0.05, 0.1) is 16.4 Å². The Morgan fingerprint density at radius 1 is 1.38 bits per heavy atom. The highest BCUT2D eigenvalue weighted by atomic mass is 16.6. The van der Waals surface area contributed by atoms with Crippen LogP contribution in [0.4, 0.5) is 5.69 Å². The number of aromatic nitrogens is 1. The van der Waals surface area contributed by atoms with E-state index in [0.29, 0.717) is 29.1 Å². The second kappa shape index (κ2) is 6.37. The Kier molecular flexibility index (Phi) is 4.22. The number of hydrogen-bond donors (Lipinski definition) is 1. The van der Waals surface area contributed by atoms with Crippen molar-refractivity contribution < 1.29 is 9.66 Å². The number of ether oxygens (including phenoxy) is 1. The number of fused-ring (bicyclic) bond motifs is 1. The number of nitriles is 1. The third kappa shape index (κ3) is 2.59. The van der Waals surface area contributed by atoms with Gasteiger partial charge in [-0.3, -0.25) is 14.9 Å². The Morgan fingerprint density at radius 2 is 2.04 bits per heavy atom. The summed E-state index contributed by atoms with van der Waals surface area (Å²) in [7, 11) is 0. The molecule has 8 heteroatoms. The van der Waals surface area contributed by atoms with Gasteiger partial charge in [0, 0.05) is 30.4 Å². The van der Waals surface area contributed by atoms with Gasteiger partial charge in [0.2, 0.25) is 5.88 Å². The fourth-order valence-corrected chi connectivity index (χ4v) is 3.20. The van der Waals surface area contributed by atoms with E-state index in [1.165, 1.54) is 24.3 Å². The molecule has 2 N–H and O–H groups in total. The number of pyridine rings is 1. The number of nitrogens with zero attached hydrogens (tertiary/aromatic N) is 3. The highest BCUT2D eigenvalue weighted by Gasteiger charge is 2.34. The number of aryl methyl sites for hydroxylation is 1. The van der Waals surface area contributed by atoms with Gasteiger partial charge < -0.3 is 15.0 Å². The lowest BCUT2D eigenvalue weighted by Gasteiger charge is -2.27. The maximum absolute atomic E-state index is 13.0. The molecule has 0 fully saturated rings. The van der Waals surface area contributed by atoms with Crippen molar-refractivity contribution in [2.75, 3.05) is 0 Å². The van der Waals surface area contributed by atoms with Gasteiger partial charge in [-0.1, -0.05) is 12.1 Å². The van der Waals surface area contributed by atoms with Gasteiger partial charge in [-0.25, -0.2) is 0 Å². The molecule has 1 aliphatic rings. The van der Waals surface area contributed by atoms with Crippen LogP contribution >= 0.6 is 0 Å². The van der Waals surface area contributed by atoms with Crippen LogP contribution in [0.2, 0.25) is 0 Å². The Hall–Kier alpha value is -3.60. The molecule has 0 amide bonds. The van der Waals surface area contributed by atoms with Crippen molar-refractivity contribution >= 4 is 5.69 Å². The Labute approximate surface area is 148 Å². The van der Waals surface area contributed by atoms with Crippen LogP contribution in [0.25, 0.3) is 0 Å². The number of rotatable bonds is 3. The Balaban J connectivity index is 2.28. The highest BCUT2D eigenvalue weighted by Crippen LogP contribution is 2.40. The number of hydrogen-bond acceptors (Lipinski definition) is 6. The molecule has 132 valence electrons. The number of benzene rings is 1. The fraction of sp³-hybridized carbons (Fsp3) is 0.222. The van der Waals surface area contributed by atoms with Crippen molar-refractivity contribution in [1.29, 1.82) is 5.26 Å². The highest BCUT2D eigenvalue weighted by molar-refractivity contribution is 5.56. The van der Waals surface area contributed by atoms with E-state index in [0.717, 1.165) is 0 Å². The van der Waals surface area contributed by atoms with Gasteiger partial charge in [-0.15, -0.1) is 0 Å². The zero-order chi connectivity index (χ0) is 19.0. The molecule has 26 heavy (non-hydrogen) atoms. The quantitative estimate of drug-likeness (QED) is 0.667. The first-order valence-corrected chi connectivity index (χ1v) is 7.95. The summed E-state index contributed by atoms with van der Waals surface area (Å²) in [6, 6.07) is 9.44. The zero-order valence-electron chi connectivity index (χ0n) is 14.2. The van der Waals surface area contributed by atoms with E-state index in [9.17, 15) is 20.2 Å². The normalized spacial score (nSPS) is 15.8. The van der Waals surface area contributed by atoms with Gasteiger partial charge in [0.1, 0.15) is 17.4 Å². The van der Waals surface area contributed by atoms with E-state index in [2.05, 4.69) is 0 Å². The summed E-state index contributed by atoms with van der Waals surface area (Å²) in [6.45, 7) is 4.10. The summed E-state index contributed by atoms with van der Waals surface area (Å²) in [5, 5.41) is 20.4. The largest absolute Gasteiger partial charge is 0.440 e. The van der Waals surface area contributed by atoms with Crippen LogP contribution in [0.1, 0.15) is 29.7 Å². The minimum Gasteiger partial charge on any atom is -0.440 e.